The molecule has 0 spiro atoms. The van der Waals surface area contributed by atoms with Crippen molar-refractivity contribution in [2.45, 2.75) is 19.2 Å². The molecule has 3 heterocycles. The molecule has 112 valence electrons. The largest absolute Gasteiger partial charge is 0.371 e. The molecule has 0 unspecified atom stereocenters. The molecule has 1 fully saturated rings. The van der Waals surface area contributed by atoms with Gasteiger partial charge in [-0.3, -0.25) is 4.79 Å². The van der Waals surface area contributed by atoms with Crippen LogP contribution in [-0.4, -0.2) is 38.6 Å². The number of amides is 1. The molecule has 1 aliphatic rings. The lowest BCUT2D eigenvalue weighted by Gasteiger charge is -2.01. The number of aromatic amines is 1. The van der Waals surface area contributed by atoms with E-state index in [9.17, 15) is 4.79 Å². The SMILES string of the molecule is O=C(NCc1cn(C[C@@H]2CO2)nn1)c1c[nH]c2ccccc12. The second-order valence-electron chi connectivity index (χ2n) is 5.32. The summed E-state index contributed by atoms with van der Waals surface area (Å²) in [5, 5.41) is 11.8. The van der Waals surface area contributed by atoms with Gasteiger partial charge in [0, 0.05) is 17.1 Å². The Morgan fingerprint density at radius 1 is 1.45 bits per heavy atom. The van der Waals surface area contributed by atoms with E-state index in [1.165, 1.54) is 0 Å². The van der Waals surface area contributed by atoms with Crippen molar-refractivity contribution < 1.29 is 9.53 Å². The van der Waals surface area contributed by atoms with Crippen LogP contribution in [0.5, 0.6) is 0 Å². The average Bonchev–Trinajstić information content (AvgIpc) is 3.07. The quantitative estimate of drug-likeness (QED) is 0.690. The van der Waals surface area contributed by atoms with Crippen molar-refractivity contribution in [2.75, 3.05) is 6.61 Å². The molecular formula is C15H15N5O2. The molecule has 1 atom stereocenters. The number of nitrogens with one attached hydrogen (secondary N) is 2. The van der Waals surface area contributed by atoms with Gasteiger partial charge in [-0.05, 0) is 6.07 Å². The monoisotopic (exact) mass is 297 g/mol. The van der Waals surface area contributed by atoms with Crippen LogP contribution in [0.15, 0.2) is 36.7 Å². The molecule has 0 saturated carbocycles. The molecule has 0 bridgehead atoms. The van der Waals surface area contributed by atoms with Crippen LogP contribution in [0, 0.1) is 0 Å². The van der Waals surface area contributed by atoms with Crippen molar-refractivity contribution in [1.82, 2.24) is 25.3 Å². The molecule has 1 amide bonds. The van der Waals surface area contributed by atoms with Crippen LogP contribution in [0.3, 0.4) is 0 Å². The standard InChI is InChI=1S/C15H15N5O2/c21-15(13-6-16-14-4-2-1-3-12(13)14)17-5-10-7-20(19-18-10)8-11-9-22-11/h1-4,6-7,11,16H,5,8-9H2,(H,17,21)/t11-/m1/s1. The van der Waals surface area contributed by atoms with Crippen LogP contribution in [0.2, 0.25) is 0 Å². The fraction of sp³-hybridized carbons (Fsp3) is 0.267. The number of ether oxygens (including phenoxy) is 1. The Hall–Kier alpha value is -2.67. The Bertz CT molecular complexity index is 818. The second kappa shape index (κ2) is 5.27. The van der Waals surface area contributed by atoms with E-state index in [4.69, 9.17) is 4.74 Å². The van der Waals surface area contributed by atoms with Gasteiger partial charge in [0.15, 0.2) is 0 Å². The number of hydrogen-bond donors (Lipinski definition) is 2. The smallest absolute Gasteiger partial charge is 0.253 e. The van der Waals surface area contributed by atoms with Crippen molar-refractivity contribution in [3.05, 3.63) is 47.9 Å². The van der Waals surface area contributed by atoms with Crippen molar-refractivity contribution >= 4 is 16.8 Å². The van der Waals surface area contributed by atoms with Gasteiger partial charge >= 0.3 is 0 Å². The Balaban J connectivity index is 1.42. The average molecular weight is 297 g/mol. The van der Waals surface area contributed by atoms with E-state index in [1.54, 1.807) is 10.9 Å². The molecule has 0 radical (unpaired) electrons. The van der Waals surface area contributed by atoms with Crippen molar-refractivity contribution in [1.29, 1.82) is 0 Å². The maximum atomic E-state index is 12.3. The van der Waals surface area contributed by atoms with E-state index in [-0.39, 0.29) is 12.0 Å². The van der Waals surface area contributed by atoms with Gasteiger partial charge < -0.3 is 15.0 Å². The number of fused-ring (bicyclic) bond motifs is 1. The van der Waals surface area contributed by atoms with E-state index in [0.29, 0.717) is 18.7 Å². The molecule has 1 aliphatic heterocycles. The summed E-state index contributed by atoms with van der Waals surface area (Å²) in [6, 6.07) is 7.71. The zero-order valence-corrected chi connectivity index (χ0v) is 11.8. The molecule has 22 heavy (non-hydrogen) atoms. The van der Waals surface area contributed by atoms with E-state index < -0.39 is 0 Å². The van der Waals surface area contributed by atoms with Crippen molar-refractivity contribution in [3.8, 4) is 0 Å². The molecular weight excluding hydrogens is 282 g/mol. The highest BCUT2D eigenvalue weighted by molar-refractivity contribution is 6.06. The lowest BCUT2D eigenvalue weighted by Crippen LogP contribution is -2.22. The number of nitrogens with zero attached hydrogens (tertiary/aromatic N) is 3. The molecule has 3 aromatic rings. The summed E-state index contributed by atoms with van der Waals surface area (Å²) in [7, 11) is 0. The molecule has 2 aromatic heterocycles. The van der Waals surface area contributed by atoms with E-state index in [2.05, 4.69) is 20.6 Å². The van der Waals surface area contributed by atoms with Gasteiger partial charge in [0.2, 0.25) is 0 Å². The molecule has 7 heteroatoms. The fourth-order valence-corrected chi connectivity index (χ4v) is 2.42. The van der Waals surface area contributed by atoms with Crippen LogP contribution < -0.4 is 5.32 Å². The zero-order chi connectivity index (χ0) is 14.9. The molecule has 4 rings (SSSR count). The Kier molecular flexibility index (Phi) is 3.12. The summed E-state index contributed by atoms with van der Waals surface area (Å²) in [5.74, 6) is -0.127. The highest BCUT2D eigenvalue weighted by Crippen LogP contribution is 2.17. The number of H-pyrrole nitrogens is 1. The number of carbonyl (C=O) groups excluding carboxylic acids is 1. The van der Waals surface area contributed by atoms with Gasteiger partial charge in [-0.25, -0.2) is 4.68 Å². The van der Waals surface area contributed by atoms with E-state index in [0.717, 1.165) is 23.2 Å². The summed E-state index contributed by atoms with van der Waals surface area (Å²) >= 11 is 0. The number of benzene rings is 1. The minimum atomic E-state index is -0.127. The maximum absolute atomic E-state index is 12.3. The Labute approximate surface area is 126 Å². The normalized spacial score (nSPS) is 16.8. The third kappa shape index (κ3) is 2.58. The van der Waals surface area contributed by atoms with Gasteiger partial charge in [0.1, 0.15) is 11.8 Å². The molecule has 1 aromatic carbocycles. The Morgan fingerprint density at radius 3 is 3.18 bits per heavy atom. The van der Waals surface area contributed by atoms with Crippen LogP contribution in [-0.2, 0) is 17.8 Å². The molecule has 2 N–H and O–H groups in total. The van der Waals surface area contributed by atoms with Gasteiger partial charge in [-0.1, -0.05) is 23.4 Å². The van der Waals surface area contributed by atoms with Gasteiger partial charge in [0.05, 0.1) is 31.5 Å². The highest BCUT2D eigenvalue weighted by Gasteiger charge is 2.23. The van der Waals surface area contributed by atoms with Crippen LogP contribution in [0.1, 0.15) is 16.1 Å². The first-order valence-electron chi connectivity index (χ1n) is 7.14. The first-order chi connectivity index (χ1) is 10.8. The lowest BCUT2D eigenvalue weighted by molar-refractivity contribution is 0.0952. The Morgan fingerprint density at radius 2 is 2.32 bits per heavy atom. The molecule has 7 nitrogen and oxygen atoms in total. The first-order valence-corrected chi connectivity index (χ1v) is 7.14. The highest BCUT2D eigenvalue weighted by atomic mass is 16.6. The number of aromatic nitrogens is 4. The van der Waals surface area contributed by atoms with Crippen LogP contribution in [0.25, 0.3) is 10.9 Å². The van der Waals surface area contributed by atoms with Gasteiger partial charge in [-0.15, -0.1) is 5.10 Å². The van der Waals surface area contributed by atoms with Gasteiger partial charge in [-0.2, -0.15) is 0 Å². The van der Waals surface area contributed by atoms with Crippen molar-refractivity contribution in [3.63, 3.8) is 0 Å². The lowest BCUT2D eigenvalue weighted by atomic mass is 10.1. The van der Waals surface area contributed by atoms with Gasteiger partial charge in [0.25, 0.3) is 5.91 Å². The summed E-state index contributed by atoms with van der Waals surface area (Å²) < 4.78 is 6.89. The van der Waals surface area contributed by atoms with E-state index in [1.807, 2.05) is 30.5 Å². The summed E-state index contributed by atoms with van der Waals surface area (Å²) in [6.07, 6.45) is 3.81. The number of carbonyl (C=O) groups is 1. The minimum absolute atomic E-state index is 0.127. The fourth-order valence-electron chi connectivity index (χ4n) is 2.42. The maximum Gasteiger partial charge on any atom is 0.253 e. The topological polar surface area (TPSA) is 88.1 Å². The summed E-state index contributed by atoms with van der Waals surface area (Å²) in [6.45, 7) is 1.85. The number of para-hydroxylation sites is 1. The number of hydrogen-bond acceptors (Lipinski definition) is 4. The first kappa shape index (κ1) is 13.0. The number of epoxide rings is 1. The molecule has 1 saturated heterocycles. The predicted octanol–water partition coefficient (Wildman–Crippen LogP) is 1.09. The van der Waals surface area contributed by atoms with Crippen LogP contribution in [0.4, 0.5) is 0 Å². The second-order valence-corrected chi connectivity index (χ2v) is 5.32. The minimum Gasteiger partial charge on any atom is -0.371 e. The summed E-state index contributed by atoms with van der Waals surface area (Å²) in [4.78, 5) is 15.4. The molecule has 0 aliphatic carbocycles. The zero-order valence-electron chi connectivity index (χ0n) is 11.8. The third-order valence-electron chi connectivity index (χ3n) is 3.64. The van der Waals surface area contributed by atoms with E-state index >= 15 is 0 Å². The summed E-state index contributed by atoms with van der Waals surface area (Å²) in [5.41, 5.74) is 2.31. The predicted molar refractivity (Wildman–Crippen MR) is 79.2 cm³/mol. The van der Waals surface area contributed by atoms with Crippen LogP contribution >= 0.6 is 0 Å². The van der Waals surface area contributed by atoms with Crippen molar-refractivity contribution in [2.24, 2.45) is 0 Å². The third-order valence-corrected chi connectivity index (χ3v) is 3.64. The number of rotatable bonds is 5.